The first-order valence-corrected chi connectivity index (χ1v) is 17.1. The number of ether oxygens (including phenoxy) is 2. The normalized spacial score (nSPS) is 28.4. The summed E-state index contributed by atoms with van der Waals surface area (Å²) in [6.07, 6.45) is 0.710. The highest BCUT2D eigenvalue weighted by molar-refractivity contribution is 5.90. The number of halogens is 2. The molecule has 0 bridgehead atoms. The summed E-state index contributed by atoms with van der Waals surface area (Å²) in [5, 5.41) is 3.11. The third-order valence-electron chi connectivity index (χ3n) is 11.2. The van der Waals surface area contributed by atoms with Crippen LogP contribution in [-0.2, 0) is 30.4 Å². The first-order valence-electron chi connectivity index (χ1n) is 17.1. The number of hydrogen-bond donors (Lipinski definition) is 1. The second kappa shape index (κ2) is 13.1. The minimum atomic E-state index is -2.62. The van der Waals surface area contributed by atoms with Crippen molar-refractivity contribution >= 4 is 17.7 Å². The third-order valence-corrected chi connectivity index (χ3v) is 11.2. The van der Waals surface area contributed by atoms with Crippen LogP contribution in [0.3, 0.4) is 0 Å². The molecule has 46 heavy (non-hydrogen) atoms. The van der Waals surface area contributed by atoms with Crippen molar-refractivity contribution in [1.82, 2.24) is 20.0 Å². The van der Waals surface area contributed by atoms with Crippen molar-refractivity contribution < 1.29 is 32.6 Å². The fraction of sp³-hybridized carbons (Fsp3) is 0.743. The van der Waals surface area contributed by atoms with Gasteiger partial charge in [-0.25, -0.2) is 8.78 Å². The first kappa shape index (κ1) is 33.3. The Bertz CT molecular complexity index is 1260. The number of hydrogen-bond acceptors (Lipinski definition) is 6. The van der Waals surface area contributed by atoms with E-state index in [2.05, 4.69) is 36.2 Å². The van der Waals surface area contributed by atoms with Gasteiger partial charge in [-0.2, -0.15) is 0 Å². The van der Waals surface area contributed by atoms with Crippen molar-refractivity contribution in [3.05, 3.63) is 35.9 Å². The van der Waals surface area contributed by atoms with E-state index in [4.69, 9.17) is 9.47 Å². The lowest BCUT2D eigenvalue weighted by Crippen LogP contribution is -2.65. The molecule has 1 spiro atoms. The summed E-state index contributed by atoms with van der Waals surface area (Å²) in [5.74, 6) is -3.21. The molecule has 2 saturated carbocycles. The number of alkyl halides is 2. The first-order chi connectivity index (χ1) is 21.9. The van der Waals surface area contributed by atoms with Gasteiger partial charge in [-0.05, 0) is 43.1 Å². The Kier molecular flexibility index (Phi) is 9.48. The summed E-state index contributed by atoms with van der Waals surface area (Å²) in [6, 6.07) is 9.24. The van der Waals surface area contributed by atoms with Gasteiger partial charge in [-0.1, -0.05) is 44.2 Å². The van der Waals surface area contributed by atoms with Crippen LogP contribution in [0.15, 0.2) is 30.3 Å². The number of carbonyl (C=O) groups excluding carboxylic acids is 3. The van der Waals surface area contributed by atoms with Crippen LogP contribution in [0.5, 0.6) is 0 Å². The predicted molar refractivity (Wildman–Crippen MR) is 168 cm³/mol. The van der Waals surface area contributed by atoms with Crippen molar-refractivity contribution in [2.24, 2.45) is 28.6 Å². The van der Waals surface area contributed by atoms with Gasteiger partial charge in [-0.3, -0.25) is 19.3 Å². The number of nitrogens with zero attached hydrogens (tertiary/aromatic N) is 3. The van der Waals surface area contributed by atoms with Crippen LogP contribution in [0.1, 0.15) is 58.4 Å². The molecule has 3 heterocycles. The van der Waals surface area contributed by atoms with E-state index in [-0.39, 0.29) is 54.4 Å². The maximum atomic E-state index is 14.3. The van der Waals surface area contributed by atoms with Gasteiger partial charge in [0.15, 0.2) is 0 Å². The molecule has 11 heteroatoms. The van der Waals surface area contributed by atoms with Crippen molar-refractivity contribution in [1.29, 1.82) is 0 Å². The molecule has 4 atom stereocenters. The molecule has 3 saturated heterocycles. The van der Waals surface area contributed by atoms with Crippen LogP contribution in [0.25, 0.3) is 0 Å². The second-order valence-corrected chi connectivity index (χ2v) is 15.3. The molecule has 2 aliphatic carbocycles. The quantitative estimate of drug-likeness (QED) is 0.419. The van der Waals surface area contributed by atoms with E-state index in [0.29, 0.717) is 71.9 Å². The Morgan fingerprint density at radius 1 is 1.00 bits per heavy atom. The summed E-state index contributed by atoms with van der Waals surface area (Å²) >= 11 is 0. The molecule has 6 rings (SSSR count). The molecule has 3 aliphatic heterocycles. The predicted octanol–water partition coefficient (Wildman–Crippen LogP) is 3.57. The van der Waals surface area contributed by atoms with Crippen LogP contribution in [0, 0.1) is 28.6 Å². The van der Waals surface area contributed by atoms with Gasteiger partial charge in [0.25, 0.3) is 0 Å². The maximum Gasteiger partial charge on any atom is 0.248 e. The Hall–Kier alpha value is -2.63. The second-order valence-electron chi connectivity index (χ2n) is 15.3. The number of carbonyl (C=O) groups is 3. The van der Waals surface area contributed by atoms with E-state index in [1.807, 2.05) is 23.1 Å². The Balaban J connectivity index is 1.16. The molecule has 9 nitrogen and oxygen atoms in total. The minimum absolute atomic E-state index is 0.00324. The SMILES string of the molecule is C[C@@H](OCC1CCC(F)(F)CC1)[C@H](NC(=O)[C@@H]1CN(Cc2ccccc2)CC12CN(C(=O)[C@H]1CC1(C)C)C2)C(=O)N1CCOCC1. The van der Waals surface area contributed by atoms with Gasteiger partial charge in [0, 0.05) is 76.6 Å². The smallest absolute Gasteiger partial charge is 0.248 e. The number of benzene rings is 1. The largest absolute Gasteiger partial charge is 0.378 e. The highest BCUT2D eigenvalue weighted by atomic mass is 19.3. The Morgan fingerprint density at radius 2 is 1.65 bits per heavy atom. The van der Waals surface area contributed by atoms with Gasteiger partial charge < -0.3 is 24.6 Å². The number of rotatable bonds is 10. The van der Waals surface area contributed by atoms with E-state index in [0.717, 1.165) is 12.0 Å². The Morgan fingerprint density at radius 3 is 2.28 bits per heavy atom. The lowest BCUT2D eigenvalue weighted by Gasteiger charge is -2.51. The molecule has 5 fully saturated rings. The van der Waals surface area contributed by atoms with E-state index < -0.39 is 29.4 Å². The van der Waals surface area contributed by atoms with E-state index >= 15 is 0 Å². The van der Waals surface area contributed by atoms with E-state index in [1.54, 1.807) is 11.8 Å². The van der Waals surface area contributed by atoms with Crippen molar-refractivity contribution in [2.75, 3.05) is 59.1 Å². The van der Waals surface area contributed by atoms with Gasteiger partial charge in [0.1, 0.15) is 6.04 Å². The van der Waals surface area contributed by atoms with Crippen LogP contribution < -0.4 is 5.32 Å². The summed E-state index contributed by atoms with van der Waals surface area (Å²) < 4.78 is 39.1. The maximum absolute atomic E-state index is 14.3. The van der Waals surface area contributed by atoms with Crippen LogP contribution in [-0.4, -0.2) is 110 Å². The highest BCUT2D eigenvalue weighted by Gasteiger charge is 2.61. The highest BCUT2D eigenvalue weighted by Crippen LogP contribution is 2.54. The van der Waals surface area contributed by atoms with Crippen LogP contribution in [0.2, 0.25) is 0 Å². The zero-order valence-corrected chi connectivity index (χ0v) is 27.5. The summed E-state index contributed by atoms with van der Waals surface area (Å²) in [4.78, 5) is 47.3. The zero-order chi connectivity index (χ0) is 32.7. The molecule has 3 amide bonds. The molecule has 1 aromatic rings. The lowest BCUT2D eigenvalue weighted by molar-refractivity contribution is -0.153. The Labute approximate surface area is 271 Å². The fourth-order valence-electron chi connectivity index (χ4n) is 7.96. The van der Waals surface area contributed by atoms with E-state index in [1.165, 1.54) is 0 Å². The molecule has 0 radical (unpaired) electrons. The average Bonchev–Trinajstić information content (AvgIpc) is 3.49. The number of likely N-dealkylation sites (tertiary alicyclic amines) is 2. The summed E-state index contributed by atoms with van der Waals surface area (Å²) in [5.41, 5.74) is 0.804. The van der Waals surface area contributed by atoms with Gasteiger partial charge in [0.2, 0.25) is 23.6 Å². The fourth-order valence-corrected chi connectivity index (χ4v) is 7.96. The van der Waals surface area contributed by atoms with Crippen molar-refractivity contribution in [3.8, 4) is 0 Å². The monoisotopic (exact) mass is 644 g/mol. The molecular weight excluding hydrogens is 594 g/mol. The van der Waals surface area contributed by atoms with E-state index in [9.17, 15) is 23.2 Å². The molecule has 0 aromatic heterocycles. The summed E-state index contributed by atoms with van der Waals surface area (Å²) in [6.45, 7) is 11.0. The number of morpholine rings is 1. The lowest BCUT2D eigenvalue weighted by atomic mass is 9.70. The molecule has 5 aliphatic rings. The molecule has 1 aromatic carbocycles. The molecule has 254 valence electrons. The van der Waals surface area contributed by atoms with Gasteiger partial charge >= 0.3 is 0 Å². The van der Waals surface area contributed by atoms with Crippen LogP contribution >= 0.6 is 0 Å². The molecule has 0 unspecified atom stereocenters. The van der Waals surface area contributed by atoms with Gasteiger partial charge in [0.05, 0.1) is 25.2 Å². The van der Waals surface area contributed by atoms with Gasteiger partial charge in [-0.15, -0.1) is 0 Å². The third kappa shape index (κ3) is 7.26. The zero-order valence-electron chi connectivity index (χ0n) is 27.5. The molecule has 1 N–H and O–H groups in total. The summed E-state index contributed by atoms with van der Waals surface area (Å²) in [7, 11) is 0. The number of nitrogens with one attached hydrogen (secondary N) is 1. The standard InChI is InChI=1S/C35H50F2N4O5/c1-24(46-20-26-9-11-35(36,37)12-10-26)29(32(44)40-13-15-45-16-14-40)38-30(42)28-19-39(18-25-7-5-4-6-8-25)21-34(28)22-41(23-34)31(43)27-17-33(27,2)3/h4-8,24,26-29H,9-23H2,1-3H3,(H,38,42)/t24-,27-,28+,29+/m1/s1. The van der Waals surface area contributed by atoms with Crippen molar-refractivity contribution in [2.45, 2.75) is 77.5 Å². The van der Waals surface area contributed by atoms with Crippen LogP contribution in [0.4, 0.5) is 8.78 Å². The number of amides is 3. The van der Waals surface area contributed by atoms with Crippen molar-refractivity contribution in [3.63, 3.8) is 0 Å². The molecular formula is C35H50F2N4O5. The topological polar surface area (TPSA) is 91.4 Å². The average molecular weight is 645 g/mol. The minimum Gasteiger partial charge on any atom is -0.378 e.